The van der Waals surface area contributed by atoms with Gasteiger partial charge in [0, 0.05) is 5.56 Å². The van der Waals surface area contributed by atoms with Crippen LogP contribution in [0.2, 0.25) is 0 Å². The molecule has 0 aliphatic heterocycles. The lowest BCUT2D eigenvalue weighted by molar-refractivity contribution is -0.123. The summed E-state index contributed by atoms with van der Waals surface area (Å²) in [7, 11) is 1.49. The molecule has 2 aromatic carbocycles. The van der Waals surface area contributed by atoms with E-state index < -0.39 is 17.5 Å². The lowest BCUT2D eigenvalue weighted by Crippen LogP contribution is -2.24. The maximum Gasteiger partial charge on any atom is 0.277 e. The molecule has 0 aliphatic carbocycles. The molecule has 0 unspecified atom stereocenters. The molecule has 0 aliphatic rings. The van der Waals surface area contributed by atoms with Crippen molar-refractivity contribution < 1.29 is 23.0 Å². The van der Waals surface area contributed by atoms with Crippen molar-refractivity contribution >= 4 is 12.1 Å². The normalized spacial score (nSPS) is 10.6. The standard InChI is InChI=1S/C16H14F2N2O3/c1-22-13-7-2-3-8-14(13)23-10-15(21)20-19-9-11-5-4-6-12(17)16(11)18/h2-9H,10H2,1H3,(H,20,21)/b19-9+. The molecule has 2 aromatic rings. The fourth-order valence-electron chi connectivity index (χ4n) is 1.71. The fourth-order valence-corrected chi connectivity index (χ4v) is 1.71. The van der Waals surface area contributed by atoms with Gasteiger partial charge in [-0.15, -0.1) is 0 Å². The summed E-state index contributed by atoms with van der Waals surface area (Å²) < 4.78 is 36.7. The van der Waals surface area contributed by atoms with E-state index in [1.54, 1.807) is 24.3 Å². The third kappa shape index (κ3) is 4.50. The van der Waals surface area contributed by atoms with E-state index in [1.165, 1.54) is 19.2 Å². The minimum absolute atomic E-state index is 0.0732. The Morgan fingerprint density at radius 3 is 2.65 bits per heavy atom. The Labute approximate surface area is 131 Å². The van der Waals surface area contributed by atoms with Crippen LogP contribution in [0.5, 0.6) is 11.5 Å². The lowest BCUT2D eigenvalue weighted by atomic mass is 10.2. The smallest absolute Gasteiger partial charge is 0.277 e. The molecular weight excluding hydrogens is 306 g/mol. The number of nitrogens with one attached hydrogen (secondary N) is 1. The van der Waals surface area contributed by atoms with Gasteiger partial charge in [0.05, 0.1) is 13.3 Å². The monoisotopic (exact) mass is 320 g/mol. The number of carbonyl (C=O) groups excluding carboxylic acids is 1. The van der Waals surface area contributed by atoms with Crippen LogP contribution in [0.15, 0.2) is 47.6 Å². The molecule has 2 rings (SSSR count). The predicted molar refractivity (Wildman–Crippen MR) is 80.6 cm³/mol. The van der Waals surface area contributed by atoms with Crippen molar-refractivity contribution in [1.29, 1.82) is 0 Å². The largest absolute Gasteiger partial charge is 0.493 e. The lowest BCUT2D eigenvalue weighted by Gasteiger charge is -2.09. The molecular formula is C16H14F2N2O3. The molecule has 7 heteroatoms. The van der Waals surface area contributed by atoms with Gasteiger partial charge in [-0.05, 0) is 18.2 Å². The fraction of sp³-hybridized carbons (Fsp3) is 0.125. The van der Waals surface area contributed by atoms with Crippen LogP contribution >= 0.6 is 0 Å². The van der Waals surface area contributed by atoms with Crippen molar-refractivity contribution in [3.05, 3.63) is 59.7 Å². The summed E-state index contributed by atoms with van der Waals surface area (Å²) in [5, 5.41) is 3.56. The number of rotatable bonds is 6. The van der Waals surface area contributed by atoms with Crippen molar-refractivity contribution in [1.82, 2.24) is 5.43 Å². The number of halogens is 2. The summed E-state index contributed by atoms with van der Waals surface area (Å²) in [6.07, 6.45) is 1.01. The average Bonchev–Trinajstić information content (AvgIpc) is 2.57. The van der Waals surface area contributed by atoms with Crippen molar-refractivity contribution in [3.63, 3.8) is 0 Å². The van der Waals surface area contributed by atoms with Crippen molar-refractivity contribution in [2.24, 2.45) is 5.10 Å². The van der Waals surface area contributed by atoms with E-state index >= 15 is 0 Å². The Morgan fingerprint density at radius 1 is 1.17 bits per heavy atom. The number of carbonyl (C=O) groups is 1. The molecule has 1 amide bonds. The molecule has 0 heterocycles. The Balaban J connectivity index is 1.88. The van der Waals surface area contributed by atoms with Crippen LogP contribution in [0.4, 0.5) is 8.78 Å². The number of para-hydroxylation sites is 2. The second kappa shape index (κ2) is 7.88. The molecule has 120 valence electrons. The minimum atomic E-state index is -1.03. The average molecular weight is 320 g/mol. The first-order valence-corrected chi connectivity index (χ1v) is 6.63. The Kier molecular flexibility index (Phi) is 5.62. The number of benzene rings is 2. The quantitative estimate of drug-likeness (QED) is 0.657. The number of hydrogen-bond acceptors (Lipinski definition) is 4. The number of amides is 1. The molecule has 0 bridgehead atoms. The van der Waals surface area contributed by atoms with Gasteiger partial charge in [0.2, 0.25) is 0 Å². The molecule has 23 heavy (non-hydrogen) atoms. The van der Waals surface area contributed by atoms with Crippen LogP contribution in [0.3, 0.4) is 0 Å². The number of ether oxygens (including phenoxy) is 2. The molecule has 0 fully saturated rings. The summed E-state index contributed by atoms with van der Waals surface area (Å²) in [6.45, 7) is -0.302. The van der Waals surface area contributed by atoms with Crippen molar-refractivity contribution in [3.8, 4) is 11.5 Å². The van der Waals surface area contributed by atoms with Gasteiger partial charge >= 0.3 is 0 Å². The summed E-state index contributed by atoms with van der Waals surface area (Å²) in [4.78, 5) is 11.6. The first-order chi connectivity index (χ1) is 11.1. The summed E-state index contributed by atoms with van der Waals surface area (Å²) in [5.41, 5.74) is 2.09. The van der Waals surface area contributed by atoms with Gasteiger partial charge in [0.25, 0.3) is 5.91 Å². The zero-order valence-corrected chi connectivity index (χ0v) is 12.3. The second-order valence-corrected chi connectivity index (χ2v) is 4.38. The van der Waals surface area contributed by atoms with E-state index in [0.717, 1.165) is 12.3 Å². The molecule has 1 N–H and O–H groups in total. The van der Waals surface area contributed by atoms with Crippen LogP contribution in [-0.4, -0.2) is 25.8 Å². The highest BCUT2D eigenvalue weighted by Crippen LogP contribution is 2.25. The molecule has 0 saturated heterocycles. The van der Waals surface area contributed by atoms with E-state index in [4.69, 9.17) is 9.47 Å². The molecule has 0 spiro atoms. The molecule has 0 aromatic heterocycles. The summed E-state index contributed by atoms with van der Waals surface area (Å²) in [6, 6.07) is 10.5. The highest BCUT2D eigenvalue weighted by atomic mass is 19.2. The number of hydrazone groups is 1. The third-order valence-corrected chi connectivity index (χ3v) is 2.80. The van der Waals surface area contributed by atoms with E-state index in [2.05, 4.69) is 10.5 Å². The van der Waals surface area contributed by atoms with Gasteiger partial charge in [0.1, 0.15) is 0 Å². The van der Waals surface area contributed by atoms with Gasteiger partial charge in [-0.25, -0.2) is 14.2 Å². The zero-order valence-electron chi connectivity index (χ0n) is 12.3. The first kappa shape index (κ1) is 16.4. The van der Waals surface area contributed by atoms with Gasteiger partial charge in [-0.2, -0.15) is 5.10 Å². The molecule has 5 nitrogen and oxygen atoms in total. The third-order valence-electron chi connectivity index (χ3n) is 2.80. The topological polar surface area (TPSA) is 59.9 Å². The van der Waals surface area contributed by atoms with Gasteiger partial charge in [-0.3, -0.25) is 4.79 Å². The number of methoxy groups -OCH3 is 1. The second-order valence-electron chi connectivity index (χ2n) is 4.38. The van der Waals surface area contributed by atoms with Crippen LogP contribution in [0.25, 0.3) is 0 Å². The SMILES string of the molecule is COc1ccccc1OCC(=O)N/N=C/c1cccc(F)c1F. The molecule has 0 atom stereocenters. The predicted octanol–water partition coefficient (Wildman–Crippen LogP) is 2.50. The summed E-state index contributed by atoms with van der Waals surface area (Å²) >= 11 is 0. The Morgan fingerprint density at radius 2 is 1.91 bits per heavy atom. The number of nitrogens with zero attached hydrogens (tertiary/aromatic N) is 1. The zero-order chi connectivity index (χ0) is 16.7. The Hall–Kier alpha value is -2.96. The maximum atomic E-state index is 13.4. The van der Waals surface area contributed by atoms with E-state index in [9.17, 15) is 13.6 Å². The minimum Gasteiger partial charge on any atom is -0.493 e. The Bertz CT molecular complexity index is 720. The van der Waals surface area contributed by atoms with Gasteiger partial charge in [0.15, 0.2) is 29.7 Å². The number of hydrogen-bond donors (Lipinski definition) is 1. The van der Waals surface area contributed by atoms with Crippen LogP contribution in [-0.2, 0) is 4.79 Å². The maximum absolute atomic E-state index is 13.4. The van der Waals surface area contributed by atoms with Gasteiger partial charge < -0.3 is 9.47 Å². The van der Waals surface area contributed by atoms with Crippen molar-refractivity contribution in [2.75, 3.05) is 13.7 Å². The van der Waals surface area contributed by atoms with E-state index in [0.29, 0.717) is 11.5 Å². The first-order valence-electron chi connectivity index (χ1n) is 6.63. The van der Waals surface area contributed by atoms with Crippen LogP contribution in [0, 0.1) is 11.6 Å². The van der Waals surface area contributed by atoms with Crippen LogP contribution < -0.4 is 14.9 Å². The van der Waals surface area contributed by atoms with Crippen LogP contribution in [0.1, 0.15) is 5.56 Å². The molecule has 0 saturated carbocycles. The van der Waals surface area contributed by atoms with E-state index in [-0.39, 0.29) is 12.2 Å². The van der Waals surface area contributed by atoms with Crippen molar-refractivity contribution in [2.45, 2.75) is 0 Å². The highest BCUT2D eigenvalue weighted by Gasteiger charge is 2.07. The summed E-state index contributed by atoms with van der Waals surface area (Å²) in [5.74, 6) is -1.67. The molecule has 0 radical (unpaired) electrons. The van der Waals surface area contributed by atoms with E-state index in [1.807, 2.05) is 0 Å². The highest BCUT2D eigenvalue weighted by molar-refractivity contribution is 5.83. The van der Waals surface area contributed by atoms with Gasteiger partial charge in [-0.1, -0.05) is 24.3 Å².